The molecule has 0 amide bonds. The highest BCUT2D eigenvalue weighted by Crippen LogP contribution is 2.26. The zero-order valence-corrected chi connectivity index (χ0v) is 10.5. The Morgan fingerprint density at radius 3 is 2.68 bits per heavy atom. The minimum atomic E-state index is -0.263. The Bertz CT molecular complexity index is 738. The van der Waals surface area contributed by atoms with Gasteiger partial charge >= 0.3 is 0 Å². The Hall–Kier alpha value is -2.42. The molecule has 3 aromatic rings. The van der Waals surface area contributed by atoms with Crippen molar-refractivity contribution in [3.8, 4) is 0 Å². The van der Waals surface area contributed by atoms with Crippen LogP contribution in [-0.2, 0) is 0 Å². The van der Waals surface area contributed by atoms with E-state index < -0.39 is 0 Å². The monoisotopic (exact) mass is 252 g/mol. The lowest BCUT2D eigenvalue weighted by molar-refractivity contribution is 0.628. The number of pyridine rings is 1. The molecule has 0 spiro atoms. The summed E-state index contributed by atoms with van der Waals surface area (Å²) in [6.07, 6.45) is 1.76. The average molecular weight is 252 g/mol. The smallest absolute Gasteiger partial charge is 0.138 e. The topological polar surface area (TPSA) is 24.9 Å². The molecule has 0 aliphatic carbocycles. The number of hydrogen-bond acceptors (Lipinski definition) is 2. The first kappa shape index (κ1) is 11.7. The van der Waals surface area contributed by atoms with Gasteiger partial charge in [0.2, 0.25) is 0 Å². The quantitative estimate of drug-likeness (QED) is 0.730. The molecular weight excluding hydrogens is 239 g/mol. The molecule has 1 heterocycles. The summed E-state index contributed by atoms with van der Waals surface area (Å²) in [6.45, 7) is 2.06. The molecule has 0 saturated carbocycles. The van der Waals surface area contributed by atoms with E-state index in [1.807, 2.05) is 24.3 Å². The largest absolute Gasteiger partial charge is 0.340 e. The fraction of sp³-hybridized carbons (Fsp3) is 0.0625. The minimum Gasteiger partial charge on any atom is -0.340 e. The van der Waals surface area contributed by atoms with Gasteiger partial charge in [-0.15, -0.1) is 0 Å². The molecule has 2 aromatic carbocycles. The van der Waals surface area contributed by atoms with Gasteiger partial charge in [0.05, 0.1) is 0 Å². The number of rotatable bonds is 2. The molecule has 19 heavy (non-hydrogen) atoms. The van der Waals surface area contributed by atoms with Gasteiger partial charge in [-0.25, -0.2) is 9.37 Å². The lowest BCUT2D eigenvalue weighted by Gasteiger charge is -2.10. The summed E-state index contributed by atoms with van der Waals surface area (Å²) in [5.74, 6) is 0.480. The van der Waals surface area contributed by atoms with Crippen molar-refractivity contribution in [3.63, 3.8) is 0 Å². The van der Waals surface area contributed by atoms with Gasteiger partial charge in [0.25, 0.3) is 0 Å². The van der Waals surface area contributed by atoms with Crippen LogP contribution >= 0.6 is 0 Å². The van der Waals surface area contributed by atoms with Gasteiger partial charge in [0.15, 0.2) is 0 Å². The van der Waals surface area contributed by atoms with E-state index in [0.717, 1.165) is 16.6 Å². The molecule has 0 atom stereocenters. The van der Waals surface area contributed by atoms with Gasteiger partial charge < -0.3 is 5.32 Å². The van der Waals surface area contributed by atoms with E-state index in [0.29, 0.717) is 5.69 Å². The maximum Gasteiger partial charge on any atom is 0.138 e. The molecule has 0 bridgehead atoms. The highest BCUT2D eigenvalue weighted by atomic mass is 19.1. The van der Waals surface area contributed by atoms with Crippen LogP contribution in [0.4, 0.5) is 15.9 Å². The maximum absolute atomic E-state index is 13.2. The lowest BCUT2D eigenvalue weighted by Crippen LogP contribution is -1.95. The van der Waals surface area contributed by atoms with Crippen LogP contribution in [0.2, 0.25) is 0 Å². The van der Waals surface area contributed by atoms with Gasteiger partial charge in [0, 0.05) is 17.3 Å². The highest BCUT2D eigenvalue weighted by Gasteiger charge is 2.04. The Balaban J connectivity index is 2.08. The van der Waals surface area contributed by atoms with Crippen LogP contribution in [0.3, 0.4) is 0 Å². The fourth-order valence-corrected chi connectivity index (χ4v) is 2.17. The van der Waals surface area contributed by atoms with Crippen molar-refractivity contribution >= 4 is 22.3 Å². The van der Waals surface area contributed by atoms with Crippen molar-refractivity contribution in [3.05, 3.63) is 66.1 Å². The van der Waals surface area contributed by atoms with Crippen LogP contribution in [0.1, 0.15) is 5.56 Å². The molecule has 1 aromatic heterocycles. The van der Waals surface area contributed by atoms with Crippen molar-refractivity contribution in [2.75, 3.05) is 5.32 Å². The second-order valence-electron chi connectivity index (χ2n) is 4.46. The summed E-state index contributed by atoms with van der Waals surface area (Å²) in [4.78, 5) is 4.34. The van der Waals surface area contributed by atoms with Crippen molar-refractivity contribution in [1.82, 2.24) is 4.98 Å². The number of anilines is 2. The molecule has 0 fully saturated rings. The molecule has 1 N–H and O–H groups in total. The standard InChI is InChI=1S/C16H13FN2/c1-11-4-2-7-15-14(11)8-9-18-16(15)19-13-6-3-5-12(17)10-13/h2-10H,1H3,(H,18,19). The number of aromatic nitrogens is 1. The van der Waals surface area contributed by atoms with Crippen molar-refractivity contribution in [2.45, 2.75) is 6.92 Å². The maximum atomic E-state index is 13.2. The molecule has 0 aliphatic rings. The Kier molecular flexibility index (Phi) is 2.88. The molecule has 2 nitrogen and oxygen atoms in total. The number of fused-ring (bicyclic) bond motifs is 1. The van der Waals surface area contributed by atoms with Gasteiger partial charge in [-0.2, -0.15) is 0 Å². The molecule has 3 heteroatoms. The number of halogens is 1. The van der Waals surface area contributed by atoms with Gasteiger partial charge in [-0.3, -0.25) is 0 Å². The van der Waals surface area contributed by atoms with E-state index >= 15 is 0 Å². The highest BCUT2D eigenvalue weighted by molar-refractivity contribution is 5.95. The van der Waals surface area contributed by atoms with E-state index in [1.165, 1.54) is 17.7 Å². The number of benzene rings is 2. The van der Waals surface area contributed by atoms with Crippen LogP contribution in [-0.4, -0.2) is 4.98 Å². The molecule has 0 saturated heterocycles. The fourth-order valence-electron chi connectivity index (χ4n) is 2.17. The predicted octanol–water partition coefficient (Wildman–Crippen LogP) is 4.43. The summed E-state index contributed by atoms with van der Waals surface area (Å²) in [5, 5.41) is 5.35. The van der Waals surface area contributed by atoms with Crippen LogP contribution in [0.5, 0.6) is 0 Å². The Morgan fingerprint density at radius 2 is 1.84 bits per heavy atom. The minimum absolute atomic E-state index is 0.263. The van der Waals surface area contributed by atoms with Crippen molar-refractivity contribution < 1.29 is 4.39 Å². The average Bonchev–Trinajstić information content (AvgIpc) is 2.40. The third-order valence-corrected chi connectivity index (χ3v) is 3.11. The van der Waals surface area contributed by atoms with Gasteiger partial charge in [-0.1, -0.05) is 24.3 Å². The Labute approximate surface area is 110 Å². The zero-order chi connectivity index (χ0) is 13.2. The van der Waals surface area contributed by atoms with E-state index in [2.05, 4.69) is 23.3 Å². The van der Waals surface area contributed by atoms with E-state index in [9.17, 15) is 4.39 Å². The summed E-state index contributed by atoms with van der Waals surface area (Å²) < 4.78 is 13.2. The summed E-state index contributed by atoms with van der Waals surface area (Å²) >= 11 is 0. The third kappa shape index (κ3) is 2.27. The van der Waals surface area contributed by atoms with Crippen LogP contribution in [0.25, 0.3) is 10.8 Å². The first-order chi connectivity index (χ1) is 9.24. The molecule has 0 aliphatic heterocycles. The summed E-state index contributed by atoms with van der Waals surface area (Å²) in [7, 11) is 0. The second-order valence-corrected chi connectivity index (χ2v) is 4.46. The summed E-state index contributed by atoms with van der Waals surface area (Å²) in [6, 6.07) is 14.4. The Morgan fingerprint density at radius 1 is 1.00 bits per heavy atom. The number of nitrogens with one attached hydrogen (secondary N) is 1. The first-order valence-corrected chi connectivity index (χ1v) is 6.11. The van der Waals surface area contributed by atoms with Gasteiger partial charge in [0.1, 0.15) is 11.6 Å². The zero-order valence-electron chi connectivity index (χ0n) is 10.5. The van der Waals surface area contributed by atoms with Crippen LogP contribution in [0.15, 0.2) is 54.7 Å². The van der Waals surface area contributed by atoms with Crippen molar-refractivity contribution in [1.29, 1.82) is 0 Å². The normalized spacial score (nSPS) is 10.6. The lowest BCUT2D eigenvalue weighted by atomic mass is 10.1. The van der Waals surface area contributed by atoms with E-state index in [-0.39, 0.29) is 5.82 Å². The number of aryl methyl sites for hydroxylation is 1. The molecular formula is C16H13FN2. The molecule has 0 radical (unpaired) electrons. The van der Waals surface area contributed by atoms with E-state index in [4.69, 9.17) is 0 Å². The van der Waals surface area contributed by atoms with Crippen molar-refractivity contribution in [2.24, 2.45) is 0 Å². The SMILES string of the molecule is Cc1cccc2c(Nc3cccc(F)c3)nccc12. The third-order valence-electron chi connectivity index (χ3n) is 3.11. The van der Waals surface area contributed by atoms with Crippen LogP contribution in [0, 0.1) is 12.7 Å². The van der Waals surface area contributed by atoms with Gasteiger partial charge in [-0.05, 0) is 42.1 Å². The van der Waals surface area contributed by atoms with Crippen LogP contribution < -0.4 is 5.32 Å². The summed E-state index contributed by atoms with van der Waals surface area (Å²) in [5.41, 5.74) is 1.89. The number of nitrogens with zero attached hydrogens (tertiary/aromatic N) is 1. The first-order valence-electron chi connectivity index (χ1n) is 6.11. The van der Waals surface area contributed by atoms with E-state index in [1.54, 1.807) is 12.3 Å². The molecule has 3 rings (SSSR count). The molecule has 0 unspecified atom stereocenters. The molecule has 94 valence electrons. The second kappa shape index (κ2) is 4.69. The predicted molar refractivity (Wildman–Crippen MR) is 76.2 cm³/mol. The number of hydrogen-bond donors (Lipinski definition) is 1.